The first-order valence-electron chi connectivity index (χ1n) is 9.58. The van der Waals surface area contributed by atoms with E-state index >= 15 is 0 Å². The van der Waals surface area contributed by atoms with Crippen LogP contribution in [-0.2, 0) is 6.61 Å². The van der Waals surface area contributed by atoms with Crippen molar-refractivity contribution in [3.05, 3.63) is 86.4 Å². The van der Waals surface area contributed by atoms with Gasteiger partial charge in [0.15, 0.2) is 11.4 Å². The van der Waals surface area contributed by atoms with Crippen LogP contribution in [0, 0.1) is 11.6 Å². The number of aromatic nitrogens is 3. The quantitative estimate of drug-likeness (QED) is 0.385. The molecule has 2 aromatic heterocycles. The Balaban J connectivity index is 1.59. The van der Waals surface area contributed by atoms with E-state index < -0.39 is 11.6 Å². The Morgan fingerprint density at radius 2 is 1.84 bits per heavy atom. The highest BCUT2D eigenvalue weighted by molar-refractivity contribution is 6.39. The summed E-state index contributed by atoms with van der Waals surface area (Å²) in [4.78, 5) is 17.7. The van der Waals surface area contributed by atoms with E-state index in [-0.39, 0.29) is 23.8 Å². The standard InChI is InChI=1S/C22H15Cl2F2N3O2/c23-16-2-1-3-17(24)19(16)20-21-27-9-15(10-28(21)29(22(20)30)14-6-7-14)31-11-12-4-5-13(25)8-18(12)26/h1-5,8-10,14H,6-7,11H2. The molecule has 0 radical (unpaired) electrons. The van der Waals surface area contributed by atoms with Gasteiger partial charge in [-0.3, -0.25) is 4.79 Å². The number of nitrogens with zero attached hydrogens (tertiary/aromatic N) is 3. The van der Waals surface area contributed by atoms with Crippen LogP contribution >= 0.6 is 23.2 Å². The average Bonchev–Trinajstić information content (AvgIpc) is 3.52. The van der Waals surface area contributed by atoms with Gasteiger partial charge in [0.25, 0.3) is 5.56 Å². The second-order valence-electron chi connectivity index (χ2n) is 7.33. The molecule has 5 rings (SSSR count). The Morgan fingerprint density at radius 1 is 1.10 bits per heavy atom. The summed E-state index contributed by atoms with van der Waals surface area (Å²) in [5.41, 5.74) is 1.11. The minimum atomic E-state index is -0.694. The fraction of sp³-hybridized carbons (Fsp3) is 0.182. The molecule has 0 aliphatic heterocycles. The van der Waals surface area contributed by atoms with Crippen molar-refractivity contribution in [2.24, 2.45) is 0 Å². The minimum absolute atomic E-state index is 0.0432. The van der Waals surface area contributed by atoms with Gasteiger partial charge in [0.2, 0.25) is 0 Å². The summed E-state index contributed by atoms with van der Waals surface area (Å²) in [6.45, 7) is -0.114. The van der Waals surface area contributed by atoms with E-state index in [4.69, 9.17) is 27.9 Å². The van der Waals surface area contributed by atoms with Gasteiger partial charge in [-0.2, -0.15) is 0 Å². The second kappa shape index (κ2) is 7.66. The van der Waals surface area contributed by atoms with Crippen molar-refractivity contribution in [2.75, 3.05) is 0 Å². The zero-order valence-electron chi connectivity index (χ0n) is 16.0. The topological polar surface area (TPSA) is 48.5 Å². The SMILES string of the molecule is O=c1c(-c2c(Cl)cccc2Cl)c2ncc(OCc3ccc(F)cc3F)cn2n1C1CC1. The largest absolute Gasteiger partial charge is 0.486 e. The Morgan fingerprint density at radius 3 is 2.52 bits per heavy atom. The van der Waals surface area contributed by atoms with Gasteiger partial charge in [0, 0.05) is 17.2 Å². The second-order valence-corrected chi connectivity index (χ2v) is 8.15. The monoisotopic (exact) mass is 461 g/mol. The molecule has 1 aliphatic carbocycles. The highest BCUT2D eigenvalue weighted by Gasteiger charge is 2.31. The Hall–Kier alpha value is -2.90. The summed E-state index contributed by atoms with van der Waals surface area (Å²) in [7, 11) is 0. The van der Waals surface area contributed by atoms with Gasteiger partial charge in [-0.25, -0.2) is 23.0 Å². The molecule has 0 atom stereocenters. The molecule has 1 fully saturated rings. The van der Waals surface area contributed by atoms with E-state index in [1.807, 2.05) is 0 Å². The maximum Gasteiger partial charge on any atom is 0.277 e. The Labute approximate surface area is 185 Å². The molecule has 158 valence electrons. The first kappa shape index (κ1) is 20.0. The molecule has 2 heterocycles. The average molecular weight is 462 g/mol. The first-order valence-corrected chi connectivity index (χ1v) is 10.3. The van der Waals surface area contributed by atoms with E-state index in [2.05, 4.69) is 4.98 Å². The van der Waals surface area contributed by atoms with Crippen molar-refractivity contribution in [3.8, 4) is 16.9 Å². The van der Waals surface area contributed by atoms with Gasteiger partial charge >= 0.3 is 0 Å². The molecular formula is C22H15Cl2F2N3O2. The van der Waals surface area contributed by atoms with Gasteiger partial charge in [-0.15, -0.1) is 0 Å². The van der Waals surface area contributed by atoms with Crippen LogP contribution in [0.15, 0.2) is 53.6 Å². The summed E-state index contributed by atoms with van der Waals surface area (Å²) in [5, 5.41) is 0.711. The van der Waals surface area contributed by atoms with Crippen LogP contribution in [0.2, 0.25) is 10.0 Å². The van der Waals surface area contributed by atoms with Crippen molar-refractivity contribution in [1.82, 2.24) is 14.2 Å². The van der Waals surface area contributed by atoms with Crippen molar-refractivity contribution >= 4 is 28.8 Å². The van der Waals surface area contributed by atoms with Gasteiger partial charge in [-0.05, 0) is 37.1 Å². The highest BCUT2D eigenvalue weighted by Crippen LogP contribution is 2.39. The number of hydrogen-bond donors (Lipinski definition) is 0. The smallest absolute Gasteiger partial charge is 0.277 e. The molecular weight excluding hydrogens is 447 g/mol. The molecule has 5 nitrogen and oxygen atoms in total. The number of halogens is 4. The van der Waals surface area contributed by atoms with E-state index in [1.165, 1.54) is 18.3 Å². The highest BCUT2D eigenvalue weighted by atomic mass is 35.5. The number of hydrogen-bond acceptors (Lipinski definition) is 3. The van der Waals surface area contributed by atoms with Gasteiger partial charge in [-0.1, -0.05) is 29.3 Å². The number of benzene rings is 2. The first-order chi connectivity index (χ1) is 14.9. The predicted molar refractivity (Wildman–Crippen MR) is 114 cm³/mol. The molecule has 1 saturated carbocycles. The molecule has 4 aromatic rings. The summed E-state index contributed by atoms with van der Waals surface area (Å²) in [6.07, 6.45) is 4.81. The van der Waals surface area contributed by atoms with Crippen LogP contribution in [0.25, 0.3) is 16.8 Å². The van der Waals surface area contributed by atoms with E-state index in [0.29, 0.717) is 32.6 Å². The van der Waals surface area contributed by atoms with Crippen molar-refractivity contribution in [3.63, 3.8) is 0 Å². The third-order valence-corrected chi connectivity index (χ3v) is 5.80. The molecule has 0 bridgehead atoms. The van der Waals surface area contributed by atoms with E-state index in [1.54, 1.807) is 33.6 Å². The van der Waals surface area contributed by atoms with E-state index in [9.17, 15) is 13.6 Å². The molecule has 31 heavy (non-hydrogen) atoms. The van der Waals surface area contributed by atoms with Gasteiger partial charge < -0.3 is 4.74 Å². The zero-order chi connectivity index (χ0) is 21.7. The predicted octanol–water partition coefficient (Wildman–Crippen LogP) is 5.66. The maximum atomic E-state index is 13.9. The van der Waals surface area contributed by atoms with Crippen LogP contribution in [0.3, 0.4) is 0 Å². The van der Waals surface area contributed by atoms with Crippen LogP contribution in [0.5, 0.6) is 5.75 Å². The lowest BCUT2D eigenvalue weighted by Crippen LogP contribution is -2.19. The van der Waals surface area contributed by atoms with Crippen molar-refractivity contribution in [1.29, 1.82) is 0 Å². The molecule has 0 amide bonds. The maximum absolute atomic E-state index is 13.9. The Bertz CT molecular complexity index is 1360. The molecule has 0 N–H and O–H groups in total. The lowest BCUT2D eigenvalue weighted by molar-refractivity contribution is 0.295. The van der Waals surface area contributed by atoms with Gasteiger partial charge in [0.05, 0.1) is 34.0 Å². The fourth-order valence-corrected chi connectivity index (χ4v) is 4.13. The fourth-order valence-electron chi connectivity index (χ4n) is 3.54. The van der Waals surface area contributed by atoms with Crippen molar-refractivity contribution < 1.29 is 13.5 Å². The molecule has 1 aliphatic rings. The lowest BCUT2D eigenvalue weighted by Gasteiger charge is -2.09. The Kier molecular flexibility index (Phi) is 4.95. The minimum Gasteiger partial charge on any atom is -0.486 e. The third kappa shape index (κ3) is 3.58. The molecule has 9 heteroatoms. The number of fused-ring (bicyclic) bond motifs is 1. The third-order valence-electron chi connectivity index (χ3n) is 5.17. The van der Waals surface area contributed by atoms with Crippen LogP contribution in [0.1, 0.15) is 24.4 Å². The van der Waals surface area contributed by atoms with Crippen molar-refractivity contribution in [2.45, 2.75) is 25.5 Å². The summed E-state index contributed by atoms with van der Waals surface area (Å²) in [5.74, 6) is -1.02. The molecule has 2 aromatic carbocycles. The zero-order valence-corrected chi connectivity index (χ0v) is 17.5. The summed E-state index contributed by atoms with van der Waals surface area (Å²) < 4.78 is 35.9. The summed E-state index contributed by atoms with van der Waals surface area (Å²) >= 11 is 12.7. The number of ether oxygens (including phenoxy) is 1. The van der Waals surface area contributed by atoms with E-state index in [0.717, 1.165) is 18.9 Å². The van der Waals surface area contributed by atoms with Crippen LogP contribution < -0.4 is 10.3 Å². The molecule has 0 spiro atoms. The van der Waals surface area contributed by atoms with Crippen LogP contribution in [0.4, 0.5) is 8.78 Å². The molecule has 0 unspecified atom stereocenters. The molecule has 0 saturated heterocycles. The van der Waals surface area contributed by atoms with Gasteiger partial charge in [0.1, 0.15) is 18.2 Å². The van der Waals surface area contributed by atoms with Crippen LogP contribution in [-0.4, -0.2) is 14.2 Å². The summed E-state index contributed by atoms with van der Waals surface area (Å²) in [6, 6.07) is 8.38. The lowest BCUT2D eigenvalue weighted by atomic mass is 10.1. The normalized spacial score (nSPS) is 13.7. The number of rotatable bonds is 5.